The van der Waals surface area contributed by atoms with Crippen LogP contribution in [0.4, 0.5) is 0 Å². The third-order valence-corrected chi connectivity index (χ3v) is 4.65. The molecule has 1 amide bonds. The van der Waals surface area contributed by atoms with Crippen molar-refractivity contribution in [2.75, 3.05) is 26.2 Å². The third kappa shape index (κ3) is 8.10. The van der Waals surface area contributed by atoms with E-state index in [2.05, 4.69) is 43.5 Å². The predicted octanol–water partition coefficient (Wildman–Crippen LogP) is 3.68. The number of ether oxygens (including phenoxy) is 1. The first-order chi connectivity index (χ1) is 11.4. The molecule has 1 fully saturated rings. The van der Waals surface area contributed by atoms with Crippen molar-refractivity contribution < 1.29 is 9.53 Å². The smallest absolute Gasteiger partial charge is 0.220 e. The van der Waals surface area contributed by atoms with E-state index in [1.807, 2.05) is 12.1 Å². The van der Waals surface area contributed by atoms with Crippen molar-refractivity contribution >= 4 is 18.3 Å². The summed E-state index contributed by atoms with van der Waals surface area (Å²) in [5, 5.41) is 6.30. The van der Waals surface area contributed by atoms with Crippen molar-refractivity contribution in [3.05, 3.63) is 29.8 Å². The van der Waals surface area contributed by atoms with Gasteiger partial charge in [-0.1, -0.05) is 32.9 Å². The largest absolute Gasteiger partial charge is 0.492 e. The number of hydrogen-bond donors (Lipinski definition) is 2. The average molecular weight is 369 g/mol. The van der Waals surface area contributed by atoms with Gasteiger partial charge in [-0.15, -0.1) is 12.4 Å². The summed E-state index contributed by atoms with van der Waals surface area (Å²) >= 11 is 0. The van der Waals surface area contributed by atoms with Gasteiger partial charge in [0.1, 0.15) is 12.4 Å². The van der Waals surface area contributed by atoms with Crippen LogP contribution in [-0.2, 0) is 10.2 Å². The van der Waals surface area contributed by atoms with Crippen LogP contribution in [0.15, 0.2) is 24.3 Å². The fraction of sp³-hybridized carbons (Fsp3) is 0.650. The van der Waals surface area contributed by atoms with Crippen molar-refractivity contribution in [1.29, 1.82) is 0 Å². The summed E-state index contributed by atoms with van der Waals surface area (Å²) in [6.07, 6.45) is 4.02. The Kier molecular flexibility index (Phi) is 9.30. The standard InChI is InChI=1S/C20H32N2O2.ClH/c1-20(2,3)17-5-7-18(8-6-17)24-15-14-22-19(23)9-4-16-10-12-21-13-11-16;/h5-8,16,21H,4,9-15H2,1-3H3,(H,22,23);1H. The summed E-state index contributed by atoms with van der Waals surface area (Å²) in [4.78, 5) is 11.9. The van der Waals surface area contributed by atoms with Crippen LogP contribution in [-0.4, -0.2) is 32.1 Å². The first-order valence-electron chi connectivity index (χ1n) is 9.16. The zero-order valence-electron chi connectivity index (χ0n) is 15.8. The molecule has 1 heterocycles. The second-order valence-corrected chi connectivity index (χ2v) is 7.70. The van der Waals surface area contributed by atoms with Crippen LogP contribution in [0.1, 0.15) is 52.0 Å². The topological polar surface area (TPSA) is 50.4 Å². The van der Waals surface area contributed by atoms with Crippen LogP contribution >= 0.6 is 12.4 Å². The average Bonchev–Trinajstić information content (AvgIpc) is 2.57. The van der Waals surface area contributed by atoms with Gasteiger partial charge in [0.15, 0.2) is 0 Å². The van der Waals surface area contributed by atoms with E-state index in [0.29, 0.717) is 25.5 Å². The Labute approximate surface area is 158 Å². The molecular weight excluding hydrogens is 336 g/mol. The van der Waals surface area contributed by atoms with Gasteiger partial charge in [0.2, 0.25) is 5.91 Å². The molecule has 0 aromatic heterocycles. The maximum atomic E-state index is 11.9. The molecule has 142 valence electrons. The molecule has 2 N–H and O–H groups in total. The number of hydrogen-bond acceptors (Lipinski definition) is 3. The molecule has 0 unspecified atom stereocenters. The molecule has 0 aliphatic carbocycles. The number of carbonyl (C=O) groups excluding carboxylic acids is 1. The van der Waals surface area contributed by atoms with Crippen LogP contribution in [0.5, 0.6) is 5.75 Å². The van der Waals surface area contributed by atoms with Gasteiger partial charge in [-0.05, 0) is 61.4 Å². The molecule has 0 atom stereocenters. The lowest BCUT2D eigenvalue weighted by Crippen LogP contribution is -2.30. The van der Waals surface area contributed by atoms with Crippen LogP contribution in [0.3, 0.4) is 0 Å². The highest BCUT2D eigenvalue weighted by Crippen LogP contribution is 2.24. The van der Waals surface area contributed by atoms with Gasteiger partial charge >= 0.3 is 0 Å². The van der Waals surface area contributed by atoms with Crippen LogP contribution in [0.25, 0.3) is 0 Å². The molecule has 0 spiro atoms. The van der Waals surface area contributed by atoms with Crippen LogP contribution < -0.4 is 15.4 Å². The van der Waals surface area contributed by atoms with Crippen molar-refractivity contribution in [1.82, 2.24) is 10.6 Å². The zero-order chi connectivity index (χ0) is 17.4. The van der Waals surface area contributed by atoms with E-state index in [9.17, 15) is 4.79 Å². The molecule has 4 nitrogen and oxygen atoms in total. The van der Waals surface area contributed by atoms with E-state index in [1.54, 1.807) is 0 Å². The van der Waals surface area contributed by atoms with Crippen molar-refractivity contribution in [3.63, 3.8) is 0 Å². The summed E-state index contributed by atoms with van der Waals surface area (Å²) < 4.78 is 5.70. The van der Waals surface area contributed by atoms with E-state index in [1.165, 1.54) is 18.4 Å². The van der Waals surface area contributed by atoms with E-state index >= 15 is 0 Å². The van der Waals surface area contributed by atoms with Gasteiger partial charge in [0.25, 0.3) is 0 Å². The number of amides is 1. The Morgan fingerprint density at radius 1 is 1.20 bits per heavy atom. The predicted molar refractivity (Wildman–Crippen MR) is 106 cm³/mol. The fourth-order valence-corrected chi connectivity index (χ4v) is 3.00. The SMILES string of the molecule is CC(C)(C)c1ccc(OCCNC(=O)CCC2CCNCC2)cc1.Cl. The number of piperidine rings is 1. The summed E-state index contributed by atoms with van der Waals surface area (Å²) in [5.41, 5.74) is 1.45. The van der Waals surface area contributed by atoms with Crippen molar-refractivity contribution in [2.24, 2.45) is 5.92 Å². The first kappa shape index (κ1) is 21.8. The Balaban J connectivity index is 0.00000312. The molecule has 0 bridgehead atoms. The molecule has 1 aromatic rings. The lowest BCUT2D eigenvalue weighted by molar-refractivity contribution is -0.121. The molecule has 0 radical (unpaired) electrons. The zero-order valence-corrected chi connectivity index (χ0v) is 16.6. The molecule has 5 heteroatoms. The minimum absolute atomic E-state index is 0. The van der Waals surface area contributed by atoms with Gasteiger partial charge in [0, 0.05) is 6.42 Å². The van der Waals surface area contributed by atoms with E-state index in [-0.39, 0.29) is 23.7 Å². The maximum Gasteiger partial charge on any atom is 0.220 e. The monoisotopic (exact) mass is 368 g/mol. The molecule has 1 aliphatic rings. The molecule has 0 saturated carbocycles. The number of benzene rings is 1. The van der Waals surface area contributed by atoms with Gasteiger partial charge < -0.3 is 15.4 Å². The van der Waals surface area contributed by atoms with Crippen LogP contribution in [0, 0.1) is 5.92 Å². The third-order valence-electron chi connectivity index (χ3n) is 4.65. The van der Waals surface area contributed by atoms with Gasteiger partial charge in [-0.3, -0.25) is 4.79 Å². The van der Waals surface area contributed by atoms with Crippen molar-refractivity contribution in [3.8, 4) is 5.75 Å². The minimum Gasteiger partial charge on any atom is -0.492 e. The van der Waals surface area contributed by atoms with E-state index in [4.69, 9.17) is 4.74 Å². The Morgan fingerprint density at radius 2 is 1.84 bits per heavy atom. The molecule has 25 heavy (non-hydrogen) atoms. The first-order valence-corrected chi connectivity index (χ1v) is 9.16. The molecular formula is C20H33ClN2O2. The fourth-order valence-electron chi connectivity index (χ4n) is 3.00. The van der Waals surface area contributed by atoms with Gasteiger partial charge in [-0.2, -0.15) is 0 Å². The summed E-state index contributed by atoms with van der Waals surface area (Å²) in [6, 6.07) is 8.21. The summed E-state index contributed by atoms with van der Waals surface area (Å²) in [6.45, 7) is 9.84. The number of nitrogens with one attached hydrogen (secondary N) is 2. The summed E-state index contributed by atoms with van der Waals surface area (Å²) in [7, 11) is 0. The number of rotatable bonds is 7. The van der Waals surface area contributed by atoms with Crippen molar-refractivity contribution in [2.45, 2.75) is 51.9 Å². The van der Waals surface area contributed by atoms with Crippen LogP contribution in [0.2, 0.25) is 0 Å². The number of halogens is 1. The highest BCUT2D eigenvalue weighted by atomic mass is 35.5. The molecule has 1 saturated heterocycles. The molecule has 1 aromatic carbocycles. The van der Waals surface area contributed by atoms with E-state index in [0.717, 1.165) is 25.3 Å². The Hall–Kier alpha value is -1.26. The molecule has 2 rings (SSSR count). The Morgan fingerprint density at radius 3 is 2.44 bits per heavy atom. The second-order valence-electron chi connectivity index (χ2n) is 7.70. The second kappa shape index (κ2) is 10.7. The Bertz CT molecular complexity index is 505. The normalized spacial score (nSPS) is 15.3. The molecule has 1 aliphatic heterocycles. The summed E-state index contributed by atoms with van der Waals surface area (Å²) in [5.74, 6) is 1.70. The maximum absolute atomic E-state index is 11.9. The lowest BCUT2D eigenvalue weighted by Gasteiger charge is -2.22. The van der Waals surface area contributed by atoms with Gasteiger partial charge in [-0.25, -0.2) is 0 Å². The highest BCUT2D eigenvalue weighted by Gasteiger charge is 2.14. The van der Waals surface area contributed by atoms with E-state index < -0.39 is 0 Å². The highest BCUT2D eigenvalue weighted by molar-refractivity contribution is 5.85. The van der Waals surface area contributed by atoms with Gasteiger partial charge in [0.05, 0.1) is 6.54 Å². The lowest BCUT2D eigenvalue weighted by atomic mass is 9.87. The number of carbonyl (C=O) groups is 1. The quantitative estimate of drug-likeness (QED) is 0.722. The minimum atomic E-state index is 0.